The normalized spacial score (nSPS) is 17.0. The van der Waals surface area contributed by atoms with Gasteiger partial charge in [-0.15, -0.1) is 11.3 Å². The third-order valence-corrected chi connectivity index (χ3v) is 7.18. The number of carbonyl (C=O) groups excluding carboxylic acids is 2. The van der Waals surface area contributed by atoms with Gasteiger partial charge in [-0.1, -0.05) is 0 Å². The molecule has 0 spiro atoms. The van der Waals surface area contributed by atoms with Crippen molar-refractivity contribution in [3.63, 3.8) is 0 Å². The summed E-state index contributed by atoms with van der Waals surface area (Å²) in [7, 11) is 1.95. The van der Waals surface area contributed by atoms with Crippen LogP contribution in [0.3, 0.4) is 0 Å². The molecule has 0 saturated carbocycles. The predicted molar refractivity (Wildman–Crippen MR) is 128 cm³/mol. The average Bonchev–Trinajstić information content (AvgIpc) is 3.27. The van der Waals surface area contributed by atoms with Gasteiger partial charge in [-0.25, -0.2) is 9.97 Å². The summed E-state index contributed by atoms with van der Waals surface area (Å²) >= 11 is 1.78. The molecule has 32 heavy (non-hydrogen) atoms. The molecule has 8 nitrogen and oxygen atoms in total. The molecule has 1 saturated heterocycles. The SMILES string of the molecule is Cc1nc(N(C)CC(=O)N2CCN(CC(=O)NC(C)(C)C)CC2)c2c3c(sc2n1)CCC3. The number of fused-ring (bicyclic) bond motifs is 3. The van der Waals surface area contributed by atoms with Crippen molar-refractivity contribution in [2.75, 3.05) is 51.2 Å². The molecule has 1 aliphatic carbocycles. The minimum absolute atomic E-state index is 0.0310. The van der Waals surface area contributed by atoms with Gasteiger partial charge < -0.3 is 15.1 Å². The van der Waals surface area contributed by atoms with E-state index in [0.717, 1.165) is 34.7 Å². The second-order valence-electron chi connectivity index (χ2n) is 9.94. The number of anilines is 1. The van der Waals surface area contributed by atoms with Crippen LogP contribution in [0.2, 0.25) is 0 Å². The van der Waals surface area contributed by atoms with E-state index >= 15 is 0 Å². The first-order valence-corrected chi connectivity index (χ1v) is 12.2. The lowest BCUT2D eigenvalue weighted by molar-refractivity contribution is -0.131. The van der Waals surface area contributed by atoms with Crippen LogP contribution in [0.25, 0.3) is 10.2 Å². The Balaban J connectivity index is 1.37. The molecule has 2 aromatic heterocycles. The van der Waals surface area contributed by atoms with Gasteiger partial charge in [0.25, 0.3) is 0 Å². The molecule has 0 unspecified atom stereocenters. The van der Waals surface area contributed by atoms with E-state index in [0.29, 0.717) is 39.3 Å². The van der Waals surface area contributed by atoms with Gasteiger partial charge in [0.05, 0.1) is 18.5 Å². The Morgan fingerprint density at radius 3 is 2.53 bits per heavy atom. The van der Waals surface area contributed by atoms with Crippen molar-refractivity contribution in [3.05, 3.63) is 16.3 Å². The number of aryl methyl sites for hydroxylation is 3. The monoisotopic (exact) mass is 458 g/mol. The fraction of sp³-hybridized carbons (Fsp3) is 0.652. The number of aromatic nitrogens is 2. The molecule has 174 valence electrons. The molecule has 3 heterocycles. The zero-order valence-electron chi connectivity index (χ0n) is 19.8. The third-order valence-electron chi connectivity index (χ3n) is 6.00. The van der Waals surface area contributed by atoms with Crippen molar-refractivity contribution >= 4 is 39.2 Å². The minimum atomic E-state index is -0.229. The van der Waals surface area contributed by atoms with E-state index < -0.39 is 0 Å². The number of amides is 2. The molecule has 0 atom stereocenters. The fourth-order valence-corrected chi connectivity index (χ4v) is 5.85. The summed E-state index contributed by atoms with van der Waals surface area (Å²) in [6.07, 6.45) is 3.38. The van der Waals surface area contributed by atoms with Crippen LogP contribution in [0.1, 0.15) is 43.5 Å². The van der Waals surface area contributed by atoms with E-state index in [1.165, 1.54) is 16.9 Å². The van der Waals surface area contributed by atoms with Crippen molar-refractivity contribution in [3.8, 4) is 0 Å². The van der Waals surface area contributed by atoms with Crippen molar-refractivity contribution in [2.45, 2.75) is 52.5 Å². The highest BCUT2D eigenvalue weighted by molar-refractivity contribution is 7.19. The Hall–Kier alpha value is -2.26. The Morgan fingerprint density at radius 1 is 1.12 bits per heavy atom. The van der Waals surface area contributed by atoms with Crippen LogP contribution in [-0.4, -0.2) is 83.4 Å². The number of carbonyl (C=O) groups is 2. The van der Waals surface area contributed by atoms with Gasteiger partial charge in [-0.2, -0.15) is 0 Å². The highest BCUT2D eigenvalue weighted by Gasteiger charge is 2.27. The summed E-state index contributed by atoms with van der Waals surface area (Å²) < 4.78 is 0. The lowest BCUT2D eigenvalue weighted by atomic mass is 10.1. The van der Waals surface area contributed by atoms with Gasteiger partial charge in [0.15, 0.2) is 0 Å². The van der Waals surface area contributed by atoms with Gasteiger partial charge in [0, 0.05) is 43.6 Å². The first-order chi connectivity index (χ1) is 15.1. The van der Waals surface area contributed by atoms with Crippen molar-refractivity contribution in [1.29, 1.82) is 0 Å². The maximum Gasteiger partial charge on any atom is 0.242 e. The van der Waals surface area contributed by atoms with Crippen LogP contribution in [0.5, 0.6) is 0 Å². The maximum atomic E-state index is 13.0. The van der Waals surface area contributed by atoms with Crippen LogP contribution >= 0.6 is 11.3 Å². The number of nitrogens with zero attached hydrogens (tertiary/aromatic N) is 5. The zero-order chi connectivity index (χ0) is 23.0. The third kappa shape index (κ3) is 5.04. The number of nitrogens with one attached hydrogen (secondary N) is 1. The van der Waals surface area contributed by atoms with Crippen molar-refractivity contribution in [2.24, 2.45) is 0 Å². The van der Waals surface area contributed by atoms with Gasteiger partial charge in [-0.05, 0) is 52.5 Å². The molecular formula is C23H34N6O2S. The number of piperazine rings is 1. The van der Waals surface area contributed by atoms with Crippen molar-refractivity contribution < 1.29 is 9.59 Å². The van der Waals surface area contributed by atoms with E-state index in [4.69, 9.17) is 4.98 Å². The molecule has 2 aliphatic rings. The van der Waals surface area contributed by atoms with Crippen molar-refractivity contribution in [1.82, 2.24) is 25.1 Å². The molecule has 9 heteroatoms. The van der Waals surface area contributed by atoms with Gasteiger partial charge in [0.1, 0.15) is 16.5 Å². The van der Waals surface area contributed by atoms with Crippen LogP contribution in [-0.2, 0) is 22.4 Å². The summed E-state index contributed by atoms with van der Waals surface area (Å²) in [4.78, 5) is 43.1. The molecule has 0 radical (unpaired) electrons. The Bertz CT molecular complexity index is 1020. The van der Waals surface area contributed by atoms with Gasteiger partial charge in [-0.3, -0.25) is 14.5 Å². The summed E-state index contributed by atoms with van der Waals surface area (Å²) in [5.74, 6) is 1.75. The standard InChI is InChI=1S/C23H34N6O2S/c1-15-24-21(20-16-7-6-8-17(16)32-22(20)25-15)27(5)14-19(31)29-11-9-28(10-12-29)13-18(30)26-23(2,3)4/h6-14H2,1-5H3,(H,26,30). The minimum Gasteiger partial charge on any atom is -0.350 e. The topological polar surface area (TPSA) is 81.7 Å². The van der Waals surface area contributed by atoms with Crippen LogP contribution in [0, 0.1) is 6.92 Å². The second-order valence-corrected chi connectivity index (χ2v) is 11.0. The number of hydrogen-bond donors (Lipinski definition) is 1. The molecular weight excluding hydrogens is 424 g/mol. The smallest absolute Gasteiger partial charge is 0.242 e. The highest BCUT2D eigenvalue weighted by Crippen LogP contribution is 2.40. The van der Waals surface area contributed by atoms with E-state index in [-0.39, 0.29) is 17.4 Å². The second kappa shape index (κ2) is 8.94. The molecule has 0 bridgehead atoms. The highest BCUT2D eigenvalue weighted by atomic mass is 32.1. The molecule has 0 aromatic carbocycles. The van der Waals surface area contributed by atoms with E-state index in [9.17, 15) is 9.59 Å². The van der Waals surface area contributed by atoms with Crippen LogP contribution in [0.15, 0.2) is 0 Å². The molecule has 1 N–H and O–H groups in total. The number of likely N-dealkylation sites (N-methyl/N-ethyl adjacent to an activating group) is 1. The van der Waals surface area contributed by atoms with Crippen LogP contribution in [0.4, 0.5) is 5.82 Å². The molecule has 2 amide bonds. The summed E-state index contributed by atoms with van der Waals surface area (Å²) in [5.41, 5.74) is 1.15. The predicted octanol–water partition coefficient (Wildman–Crippen LogP) is 1.98. The summed E-state index contributed by atoms with van der Waals surface area (Å²) in [6.45, 7) is 11.2. The number of hydrogen-bond acceptors (Lipinski definition) is 7. The van der Waals surface area contributed by atoms with E-state index in [2.05, 4.69) is 15.2 Å². The summed E-state index contributed by atoms with van der Waals surface area (Å²) in [6, 6.07) is 0. The van der Waals surface area contributed by atoms with E-state index in [1.807, 2.05) is 44.5 Å². The fourth-order valence-electron chi connectivity index (χ4n) is 4.55. The molecule has 1 fully saturated rings. The van der Waals surface area contributed by atoms with Gasteiger partial charge in [0.2, 0.25) is 11.8 Å². The summed E-state index contributed by atoms with van der Waals surface area (Å²) in [5, 5.41) is 4.14. The largest absolute Gasteiger partial charge is 0.350 e. The van der Waals surface area contributed by atoms with Gasteiger partial charge >= 0.3 is 0 Å². The maximum absolute atomic E-state index is 13.0. The first-order valence-electron chi connectivity index (χ1n) is 11.4. The molecule has 1 aliphatic heterocycles. The van der Waals surface area contributed by atoms with E-state index in [1.54, 1.807) is 11.3 Å². The molecule has 2 aromatic rings. The lowest BCUT2D eigenvalue weighted by Crippen LogP contribution is -2.54. The average molecular weight is 459 g/mol. The molecule has 4 rings (SSSR count). The number of thiophene rings is 1. The Labute approximate surface area is 194 Å². The quantitative estimate of drug-likeness (QED) is 0.738. The number of rotatable bonds is 5. The zero-order valence-corrected chi connectivity index (χ0v) is 20.6. The first kappa shape index (κ1) is 22.9. The van der Waals surface area contributed by atoms with Crippen LogP contribution < -0.4 is 10.2 Å². The lowest BCUT2D eigenvalue weighted by Gasteiger charge is -2.35. The Kier molecular flexibility index (Phi) is 6.40. The Morgan fingerprint density at radius 2 is 1.84 bits per heavy atom.